The Morgan fingerprint density at radius 1 is 1.50 bits per heavy atom. The van der Waals surface area contributed by atoms with Crippen LogP contribution >= 0.6 is 0 Å². The van der Waals surface area contributed by atoms with E-state index in [1.807, 2.05) is 12.1 Å². The highest BCUT2D eigenvalue weighted by Gasteiger charge is 2.27. The second-order valence-corrected chi connectivity index (χ2v) is 4.70. The SMILES string of the molecule is NCCCN(Cc1cccnc1)C(=O)C1COCCO1. The Balaban J connectivity index is 2.00. The molecule has 0 aliphatic carbocycles. The van der Waals surface area contributed by atoms with Gasteiger partial charge in [0, 0.05) is 25.5 Å². The molecule has 1 unspecified atom stereocenters. The van der Waals surface area contributed by atoms with Crippen LogP contribution < -0.4 is 5.73 Å². The van der Waals surface area contributed by atoms with E-state index in [9.17, 15) is 4.79 Å². The molecule has 0 saturated carbocycles. The second-order valence-electron chi connectivity index (χ2n) is 4.70. The Labute approximate surface area is 118 Å². The quantitative estimate of drug-likeness (QED) is 0.803. The van der Waals surface area contributed by atoms with Crippen molar-refractivity contribution in [3.63, 3.8) is 0 Å². The lowest BCUT2D eigenvalue weighted by atomic mass is 10.2. The maximum Gasteiger partial charge on any atom is 0.254 e. The first-order chi connectivity index (χ1) is 9.81. The van der Waals surface area contributed by atoms with Gasteiger partial charge in [-0.05, 0) is 24.6 Å². The molecule has 20 heavy (non-hydrogen) atoms. The average molecular weight is 279 g/mol. The number of carbonyl (C=O) groups is 1. The fourth-order valence-corrected chi connectivity index (χ4v) is 2.10. The molecular weight excluding hydrogens is 258 g/mol. The topological polar surface area (TPSA) is 77.7 Å². The van der Waals surface area contributed by atoms with Crippen LogP contribution in [-0.4, -0.2) is 54.8 Å². The van der Waals surface area contributed by atoms with Crippen LogP contribution in [0.4, 0.5) is 0 Å². The van der Waals surface area contributed by atoms with Gasteiger partial charge in [0.1, 0.15) is 0 Å². The lowest BCUT2D eigenvalue weighted by Crippen LogP contribution is -2.45. The van der Waals surface area contributed by atoms with Crippen molar-refractivity contribution in [1.82, 2.24) is 9.88 Å². The highest BCUT2D eigenvalue weighted by molar-refractivity contribution is 5.81. The summed E-state index contributed by atoms with van der Waals surface area (Å²) in [5.74, 6) is -0.0398. The minimum Gasteiger partial charge on any atom is -0.376 e. The molecule has 6 heteroatoms. The minimum atomic E-state index is -0.502. The van der Waals surface area contributed by atoms with Crippen LogP contribution in [0.5, 0.6) is 0 Å². The van der Waals surface area contributed by atoms with E-state index in [1.165, 1.54) is 0 Å². The number of nitrogens with two attached hydrogens (primary N) is 1. The molecule has 1 aromatic heterocycles. The number of nitrogens with zero attached hydrogens (tertiary/aromatic N) is 2. The van der Waals surface area contributed by atoms with Gasteiger partial charge in [0.2, 0.25) is 0 Å². The molecule has 2 rings (SSSR count). The molecule has 0 radical (unpaired) electrons. The highest BCUT2D eigenvalue weighted by Crippen LogP contribution is 2.10. The molecule has 0 bridgehead atoms. The zero-order valence-corrected chi connectivity index (χ0v) is 11.5. The number of hydrogen-bond donors (Lipinski definition) is 1. The summed E-state index contributed by atoms with van der Waals surface area (Å²) < 4.78 is 10.8. The van der Waals surface area contributed by atoms with Gasteiger partial charge < -0.3 is 20.1 Å². The lowest BCUT2D eigenvalue weighted by molar-refractivity contribution is -0.158. The van der Waals surface area contributed by atoms with Crippen molar-refractivity contribution in [2.24, 2.45) is 5.73 Å². The Kier molecular flexibility index (Phi) is 5.91. The van der Waals surface area contributed by atoms with Gasteiger partial charge >= 0.3 is 0 Å². The fourth-order valence-electron chi connectivity index (χ4n) is 2.10. The van der Waals surface area contributed by atoms with Crippen LogP contribution in [0.15, 0.2) is 24.5 Å². The van der Waals surface area contributed by atoms with Crippen LogP contribution in [0.25, 0.3) is 0 Å². The van der Waals surface area contributed by atoms with Crippen molar-refractivity contribution in [1.29, 1.82) is 0 Å². The van der Waals surface area contributed by atoms with Crippen molar-refractivity contribution in [3.05, 3.63) is 30.1 Å². The predicted molar refractivity (Wildman–Crippen MR) is 73.9 cm³/mol. The van der Waals surface area contributed by atoms with Gasteiger partial charge in [0.25, 0.3) is 5.91 Å². The Hall–Kier alpha value is -1.50. The molecule has 0 spiro atoms. The summed E-state index contributed by atoms with van der Waals surface area (Å²) in [5, 5.41) is 0. The molecule has 0 aromatic carbocycles. The van der Waals surface area contributed by atoms with E-state index in [0.29, 0.717) is 39.5 Å². The summed E-state index contributed by atoms with van der Waals surface area (Å²) in [5.41, 5.74) is 6.54. The standard InChI is InChI=1S/C14H21N3O3/c15-4-2-6-17(10-12-3-1-5-16-9-12)14(18)13-11-19-7-8-20-13/h1,3,5,9,13H,2,4,6-8,10-11,15H2. The number of aromatic nitrogens is 1. The summed E-state index contributed by atoms with van der Waals surface area (Å²) in [6.45, 7) is 3.03. The third-order valence-corrected chi connectivity index (χ3v) is 3.13. The zero-order chi connectivity index (χ0) is 14.2. The minimum absolute atomic E-state index is 0.0398. The van der Waals surface area contributed by atoms with E-state index in [-0.39, 0.29) is 5.91 Å². The van der Waals surface area contributed by atoms with Gasteiger partial charge in [0.15, 0.2) is 6.10 Å². The fraction of sp³-hybridized carbons (Fsp3) is 0.571. The van der Waals surface area contributed by atoms with Gasteiger partial charge in [-0.15, -0.1) is 0 Å². The first-order valence-corrected chi connectivity index (χ1v) is 6.88. The molecule has 1 amide bonds. The molecule has 110 valence electrons. The summed E-state index contributed by atoms with van der Waals surface area (Å²) in [6.07, 6.45) is 3.74. The maximum atomic E-state index is 12.5. The molecular formula is C14H21N3O3. The Morgan fingerprint density at radius 3 is 3.05 bits per heavy atom. The summed E-state index contributed by atoms with van der Waals surface area (Å²) in [7, 11) is 0. The molecule has 1 fully saturated rings. The van der Waals surface area contributed by atoms with Crippen LogP contribution in [0, 0.1) is 0 Å². The van der Waals surface area contributed by atoms with Crippen LogP contribution in [0.3, 0.4) is 0 Å². The van der Waals surface area contributed by atoms with Crippen molar-refractivity contribution >= 4 is 5.91 Å². The number of hydrogen-bond acceptors (Lipinski definition) is 5. The van der Waals surface area contributed by atoms with Crippen molar-refractivity contribution in [2.45, 2.75) is 19.1 Å². The van der Waals surface area contributed by atoms with Crippen LogP contribution in [-0.2, 0) is 20.8 Å². The molecule has 1 aliphatic heterocycles. The molecule has 1 atom stereocenters. The normalized spacial score (nSPS) is 18.8. The summed E-state index contributed by atoms with van der Waals surface area (Å²) in [6, 6.07) is 3.81. The molecule has 2 heterocycles. The monoisotopic (exact) mass is 279 g/mol. The predicted octanol–water partition coefficient (Wildman–Crippen LogP) is 0.174. The molecule has 6 nitrogen and oxygen atoms in total. The van der Waals surface area contributed by atoms with E-state index in [0.717, 1.165) is 12.0 Å². The summed E-state index contributed by atoms with van der Waals surface area (Å²) >= 11 is 0. The number of pyridine rings is 1. The molecule has 1 aliphatic rings. The van der Waals surface area contributed by atoms with E-state index in [1.54, 1.807) is 17.3 Å². The van der Waals surface area contributed by atoms with Gasteiger partial charge in [-0.2, -0.15) is 0 Å². The Morgan fingerprint density at radius 2 is 2.40 bits per heavy atom. The zero-order valence-electron chi connectivity index (χ0n) is 11.5. The smallest absolute Gasteiger partial charge is 0.254 e. The van der Waals surface area contributed by atoms with Crippen molar-refractivity contribution in [3.8, 4) is 0 Å². The Bertz CT molecular complexity index is 407. The van der Waals surface area contributed by atoms with Gasteiger partial charge in [-0.1, -0.05) is 6.07 Å². The van der Waals surface area contributed by atoms with Crippen molar-refractivity contribution in [2.75, 3.05) is 32.9 Å². The first-order valence-electron chi connectivity index (χ1n) is 6.88. The highest BCUT2D eigenvalue weighted by atomic mass is 16.6. The summed E-state index contributed by atoms with van der Waals surface area (Å²) in [4.78, 5) is 18.3. The maximum absolute atomic E-state index is 12.5. The van der Waals surface area contributed by atoms with Crippen molar-refractivity contribution < 1.29 is 14.3 Å². The van der Waals surface area contributed by atoms with Gasteiger partial charge in [-0.3, -0.25) is 9.78 Å². The second kappa shape index (κ2) is 7.94. The third kappa shape index (κ3) is 4.26. The van der Waals surface area contributed by atoms with Gasteiger partial charge in [0.05, 0.1) is 19.8 Å². The average Bonchev–Trinajstić information content (AvgIpc) is 2.52. The van der Waals surface area contributed by atoms with Crippen LogP contribution in [0.1, 0.15) is 12.0 Å². The third-order valence-electron chi connectivity index (χ3n) is 3.13. The van der Waals surface area contributed by atoms with E-state index in [2.05, 4.69) is 4.98 Å². The van der Waals surface area contributed by atoms with Crippen LogP contribution in [0.2, 0.25) is 0 Å². The van der Waals surface area contributed by atoms with E-state index in [4.69, 9.17) is 15.2 Å². The number of rotatable bonds is 6. The first kappa shape index (κ1) is 14.9. The number of amides is 1. The largest absolute Gasteiger partial charge is 0.376 e. The van der Waals surface area contributed by atoms with E-state index < -0.39 is 6.10 Å². The van der Waals surface area contributed by atoms with Gasteiger partial charge in [-0.25, -0.2) is 0 Å². The van der Waals surface area contributed by atoms with E-state index >= 15 is 0 Å². The lowest BCUT2D eigenvalue weighted by Gasteiger charge is -2.29. The number of ether oxygens (including phenoxy) is 2. The molecule has 1 aromatic rings. The molecule has 1 saturated heterocycles. The number of carbonyl (C=O) groups excluding carboxylic acids is 1. The molecule has 2 N–H and O–H groups in total.